The van der Waals surface area contributed by atoms with E-state index in [0.717, 1.165) is 22.2 Å². The number of nitrogens with zero attached hydrogens (tertiary/aromatic N) is 2. The zero-order valence-electron chi connectivity index (χ0n) is 11.1. The molecule has 0 aliphatic heterocycles. The maximum atomic E-state index is 9.26. The molecule has 4 N–H and O–H groups in total. The van der Waals surface area contributed by atoms with E-state index < -0.39 is 0 Å². The minimum absolute atomic E-state index is 0.484. The van der Waals surface area contributed by atoms with E-state index in [1.54, 1.807) is 12.3 Å². The lowest BCUT2D eigenvalue weighted by Crippen LogP contribution is -2.32. The summed E-state index contributed by atoms with van der Waals surface area (Å²) in [4.78, 5) is 4.34. The molecule has 0 spiro atoms. The van der Waals surface area contributed by atoms with E-state index in [9.17, 15) is 5.26 Å². The fraction of sp³-hybridized carbons (Fsp3) is 0.214. The van der Waals surface area contributed by atoms with Gasteiger partial charge in [-0.1, -0.05) is 0 Å². The van der Waals surface area contributed by atoms with E-state index in [1.165, 1.54) is 0 Å². The first-order valence-electron chi connectivity index (χ1n) is 6.20. The van der Waals surface area contributed by atoms with E-state index in [1.807, 2.05) is 19.1 Å². The first-order valence-corrected chi connectivity index (χ1v) is 6.61. The summed E-state index contributed by atoms with van der Waals surface area (Å²) in [6.45, 7) is 3.05. The SMILES string of the molecule is Cc1c(NC(=S)NCCN)cc(C#N)c2cccnc12. The van der Waals surface area contributed by atoms with Crippen molar-refractivity contribution < 1.29 is 0 Å². The highest BCUT2D eigenvalue weighted by Gasteiger charge is 2.10. The lowest BCUT2D eigenvalue weighted by atomic mass is 10.0. The maximum Gasteiger partial charge on any atom is 0.170 e. The molecule has 102 valence electrons. The van der Waals surface area contributed by atoms with E-state index in [4.69, 9.17) is 18.0 Å². The van der Waals surface area contributed by atoms with E-state index >= 15 is 0 Å². The highest BCUT2D eigenvalue weighted by Crippen LogP contribution is 2.27. The number of thiocarbonyl (C=S) groups is 1. The molecule has 1 aromatic carbocycles. The van der Waals surface area contributed by atoms with Gasteiger partial charge >= 0.3 is 0 Å². The molecule has 0 aliphatic carbocycles. The Hall–Kier alpha value is -2.23. The van der Waals surface area contributed by atoms with Gasteiger partial charge in [-0.05, 0) is 42.9 Å². The summed E-state index contributed by atoms with van der Waals surface area (Å²) >= 11 is 5.18. The fourth-order valence-corrected chi connectivity index (χ4v) is 2.17. The summed E-state index contributed by atoms with van der Waals surface area (Å²) in [7, 11) is 0. The van der Waals surface area contributed by atoms with Crippen LogP contribution in [0.15, 0.2) is 24.4 Å². The number of nitrogens with one attached hydrogen (secondary N) is 2. The van der Waals surface area contributed by atoms with Crippen molar-refractivity contribution >= 4 is 33.9 Å². The van der Waals surface area contributed by atoms with Crippen LogP contribution in [0.3, 0.4) is 0 Å². The molecule has 0 saturated carbocycles. The maximum absolute atomic E-state index is 9.26. The van der Waals surface area contributed by atoms with Crippen molar-refractivity contribution in [2.24, 2.45) is 5.73 Å². The molecule has 0 saturated heterocycles. The van der Waals surface area contributed by atoms with Crippen molar-refractivity contribution in [3.8, 4) is 6.07 Å². The standard InChI is InChI=1S/C14H15N5S/c1-9-12(19-14(20)18-6-4-15)7-10(8-16)11-3-2-5-17-13(9)11/h2-3,5,7H,4,6,15H2,1H3,(H2,18,19,20). The predicted octanol–water partition coefficient (Wildman–Crippen LogP) is 1.66. The van der Waals surface area contributed by atoms with Crippen molar-refractivity contribution in [1.82, 2.24) is 10.3 Å². The highest BCUT2D eigenvalue weighted by molar-refractivity contribution is 7.80. The quantitative estimate of drug-likeness (QED) is 0.744. The Morgan fingerprint density at radius 3 is 3.05 bits per heavy atom. The Labute approximate surface area is 122 Å². The summed E-state index contributed by atoms with van der Waals surface area (Å²) < 4.78 is 0. The number of rotatable bonds is 3. The number of nitriles is 1. The van der Waals surface area contributed by atoms with Crippen molar-refractivity contribution in [2.75, 3.05) is 18.4 Å². The lowest BCUT2D eigenvalue weighted by molar-refractivity contribution is 0.883. The number of pyridine rings is 1. The van der Waals surface area contributed by atoms with Crippen LogP contribution in [0.4, 0.5) is 5.69 Å². The van der Waals surface area contributed by atoms with Gasteiger partial charge in [-0.3, -0.25) is 4.98 Å². The van der Waals surface area contributed by atoms with Gasteiger partial charge < -0.3 is 16.4 Å². The van der Waals surface area contributed by atoms with Crippen LogP contribution >= 0.6 is 12.2 Å². The molecule has 5 nitrogen and oxygen atoms in total. The molecule has 0 radical (unpaired) electrons. The number of hydrogen-bond acceptors (Lipinski definition) is 4. The summed E-state index contributed by atoms with van der Waals surface area (Å²) in [6, 6.07) is 7.69. The van der Waals surface area contributed by atoms with Crippen LogP contribution in [0.2, 0.25) is 0 Å². The molecule has 0 atom stereocenters. The second-order valence-electron chi connectivity index (χ2n) is 4.28. The molecule has 2 aromatic rings. The van der Waals surface area contributed by atoms with Gasteiger partial charge in [-0.15, -0.1) is 0 Å². The number of aromatic nitrogens is 1. The van der Waals surface area contributed by atoms with Gasteiger partial charge in [-0.2, -0.15) is 5.26 Å². The van der Waals surface area contributed by atoms with Gasteiger partial charge in [0, 0.05) is 30.4 Å². The number of anilines is 1. The Kier molecular flexibility index (Phi) is 4.45. The first kappa shape index (κ1) is 14.2. The minimum atomic E-state index is 0.484. The van der Waals surface area contributed by atoms with E-state index in [2.05, 4.69) is 21.7 Å². The Balaban J connectivity index is 2.42. The van der Waals surface area contributed by atoms with Crippen molar-refractivity contribution in [3.05, 3.63) is 35.5 Å². The molecule has 1 heterocycles. The topological polar surface area (TPSA) is 86.8 Å². The molecule has 20 heavy (non-hydrogen) atoms. The highest BCUT2D eigenvalue weighted by atomic mass is 32.1. The summed E-state index contributed by atoms with van der Waals surface area (Å²) in [5.74, 6) is 0. The second-order valence-corrected chi connectivity index (χ2v) is 4.69. The normalized spacial score (nSPS) is 10.1. The summed E-state index contributed by atoms with van der Waals surface area (Å²) in [5, 5.41) is 16.7. The monoisotopic (exact) mass is 285 g/mol. The van der Waals surface area contributed by atoms with Crippen molar-refractivity contribution in [1.29, 1.82) is 5.26 Å². The van der Waals surface area contributed by atoms with Crippen LogP contribution in [-0.2, 0) is 0 Å². The number of nitrogens with two attached hydrogens (primary N) is 1. The zero-order valence-corrected chi connectivity index (χ0v) is 11.9. The van der Waals surface area contributed by atoms with Gasteiger partial charge in [0.1, 0.15) is 0 Å². The third-order valence-corrected chi connectivity index (χ3v) is 3.19. The summed E-state index contributed by atoms with van der Waals surface area (Å²) in [6.07, 6.45) is 1.71. The summed E-state index contributed by atoms with van der Waals surface area (Å²) in [5.41, 5.74) is 8.53. The largest absolute Gasteiger partial charge is 0.361 e. The molecule has 2 rings (SSSR count). The van der Waals surface area contributed by atoms with Gasteiger partial charge in [0.2, 0.25) is 0 Å². The number of aryl methyl sites for hydroxylation is 1. The van der Waals surface area contributed by atoms with Crippen LogP contribution in [0, 0.1) is 18.3 Å². The molecule has 0 bridgehead atoms. The Morgan fingerprint density at radius 1 is 1.55 bits per heavy atom. The second kappa shape index (κ2) is 6.28. The Morgan fingerprint density at radius 2 is 2.35 bits per heavy atom. The minimum Gasteiger partial charge on any atom is -0.361 e. The smallest absolute Gasteiger partial charge is 0.170 e. The average molecular weight is 285 g/mol. The van der Waals surface area contributed by atoms with Crippen molar-refractivity contribution in [3.63, 3.8) is 0 Å². The zero-order chi connectivity index (χ0) is 14.5. The molecule has 1 aromatic heterocycles. The third kappa shape index (κ3) is 2.85. The molecule has 0 aliphatic rings. The first-order chi connectivity index (χ1) is 9.67. The van der Waals surface area contributed by atoms with E-state index in [0.29, 0.717) is 23.8 Å². The average Bonchev–Trinajstić information content (AvgIpc) is 2.48. The van der Waals surface area contributed by atoms with Gasteiger partial charge in [0.15, 0.2) is 5.11 Å². The third-order valence-electron chi connectivity index (χ3n) is 2.94. The van der Waals surface area contributed by atoms with Crippen LogP contribution in [0.5, 0.6) is 0 Å². The van der Waals surface area contributed by atoms with Crippen LogP contribution in [-0.4, -0.2) is 23.2 Å². The van der Waals surface area contributed by atoms with Gasteiger partial charge in [-0.25, -0.2) is 0 Å². The predicted molar refractivity (Wildman–Crippen MR) is 84.5 cm³/mol. The number of benzene rings is 1. The van der Waals surface area contributed by atoms with E-state index in [-0.39, 0.29) is 0 Å². The van der Waals surface area contributed by atoms with Crippen LogP contribution in [0.25, 0.3) is 10.9 Å². The van der Waals surface area contributed by atoms with Gasteiger partial charge in [0.05, 0.1) is 17.1 Å². The van der Waals surface area contributed by atoms with Crippen LogP contribution in [0.1, 0.15) is 11.1 Å². The molecule has 6 heteroatoms. The number of hydrogen-bond donors (Lipinski definition) is 3. The Bertz CT molecular complexity index is 690. The van der Waals surface area contributed by atoms with Crippen LogP contribution < -0.4 is 16.4 Å². The number of fused-ring (bicyclic) bond motifs is 1. The molecule has 0 amide bonds. The molecule has 0 fully saturated rings. The van der Waals surface area contributed by atoms with Gasteiger partial charge in [0.25, 0.3) is 0 Å². The molecule has 0 unspecified atom stereocenters. The van der Waals surface area contributed by atoms with Crippen molar-refractivity contribution in [2.45, 2.75) is 6.92 Å². The molecular formula is C14H15N5S. The molecular weight excluding hydrogens is 270 g/mol. The fourth-order valence-electron chi connectivity index (χ4n) is 1.95. The lowest BCUT2D eigenvalue weighted by Gasteiger charge is -2.14.